The van der Waals surface area contributed by atoms with Gasteiger partial charge in [0.1, 0.15) is 0 Å². The van der Waals surface area contributed by atoms with Gasteiger partial charge in [0.25, 0.3) is 0 Å². The third kappa shape index (κ3) is 8.43. The molecule has 0 aromatic heterocycles. The van der Waals surface area contributed by atoms with E-state index in [1.54, 1.807) is 6.92 Å². The van der Waals surface area contributed by atoms with Gasteiger partial charge < -0.3 is 15.0 Å². The van der Waals surface area contributed by atoms with E-state index in [1.807, 2.05) is 0 Å². The maximum Gasteiger partial charge on any atom is 1.00 e. The number of rotatable bonds is 3. The van der Waals surface area contributed by atoms with Crippen LogP contribution in [0.25, 0.3) is 0 Å². The molecule has 0 rings (SSSR count). The number of aliphatic hydroxyl groups excluding tert-OH is 1. The molecule has 1 N–H and O–H groups in total. The van der Waals surface area contributed by atoms with Crippen LogP contribution in [0.1, 0.15) is 19.8 Å². The molecule has 0 aromatic carbocycles. The number of carbonyl (C=O) groups excluding carboxylic acids is 1. The average molecular weight is 140 g/mol. The van der Waals surface area contributed by atoms with E-state index in [9.17, 15) is 9.90 Å². The molecular formula is C5H9NaO3. The minimum Gasteiger partial charge on any atom is -0.550 e. The smallest absolute Gasteiger partial charge is 0.550 e. The van der Waals surface area contributed by atoms with Crippen LogP contribution in [0.5, 0.6) is 0 Å². The van der Waals surface area contributed by atoms with E-state index in [4.69, 9.17) is 5.11 Å². The Labute approximate surface area is 76.4 Å². The van der Waals surface area contributed by atoms with Crippen LogP contribution in [0, 0.1) is 0 Å². The third-order valence-electron chi connectivity index (χ3n) is 0.874. The molecule has 0 saturated carbocycles. The van der Waals surface area contributed by atoms with Crippen LogP contribution in [0.4, 0.5) is 0 Å². The van der Waals surface area contributed by atoms with Crippen LogP contribution in [0.2, 0.25) is 0 Å². The second-order valence-electron chi connectivity index (χ2n) is 1.64. The summed E-state index contributed by atoms with van der Waals surface area (Å²) in [5.41, 5.74) is 0. The Balaban J connectivity index is 0. The maximum absolute atomic E-state index is 9.70. The van der Waals surface area contributed by atoms with E-state index in [-0.39, 0.29) is 36.0 Å². The molecule has 0 spiro atoms. The van der Waals surface area contributed by atoms with Gasteiger partial charge in [-0.1, -0.05) is 6.92 Å². The molecule has 48 valence electrons. The molecule has 0 heterocycles. The van der Waals surface area contributed by atoms with Gasteiger partial charge in [-0.15, -0.1) is 0 Å². The zero-order valence-corrected chi connectivity index (χ0v) is 7.76. The van der Waals surface area contributed by atoms with Crippen molar-refractivity contribution in [2.45, 2.75) is 25.9 Å². The van der Waals surface area contributed by atoms with Gasteiger partial charge in [0, 0.05) is 12.4 Å². The minimum atomic E-state index is -1.20. The molecule has 3 nitrogen and oxygen atoms in total. The van der Waals surface area contributed by atoms with E-state index in [2.05, 4.69) is 0 Å². The molecule has 0 bridgehead atoms. The fraction of sp³-hybridized carbons (Fsp3) is 0.800. The molecule has 0 aliphatic rings. The van der Waals surface area contributed by atoms with Crippen LogP contribution < -0.4 is 34.7 Å². The molecule has 0 aliphatic carbocycles. The van der Waals surface area contributed by atoms with E-state index >= 15 is 0 Å². The van der Waals surface area contributed by atoms with Crippen molar-refractivity contribution in [2.24, 2.45) is 0 Å². The summed E-state index contributed by atoms with van der Waals surface area (Å²) in [6.45, 7) is 1.72. The number of aliphatic hydroxyl groups is 1. The molecular weight excluding hydrogens is 131 g/mol. The fourth-order valence-corrected chi connectivity index (χ4v) is 0.337. The molecule has 0 saturated heterocycles. The first-order valence-electron chi connectivity index (χ1n) is 2.54. The summed E-state index contributed by atoms with van der Waals surface area (Å²) in [5, 5.41) is 18.3. The molecule has 0 amide bonds. The topological polar surface area (TPSA) is 60.4 Å². The molecule has 0 aliphatic heterocycles. The van der Waals surface area contributed by atoms with E-state index in [0.717, 1.165) is 0 Å². The molecule has 1 atom stereocenters. The predicted molar refractivity (Wildman–Crippen MR) is 25.9 cm³/mol. The zero-order chi connectivity index (χ0) is 6.57. The van der Waals surface area contributed by atoms with Crippen molar-refractivity contribution in [2.75, 3.05) is 0 Å². The van der Waals surface area contributed by atoms with Gasteiger partial charge >= 0.3 is 29.6 Å². The first kappa shape index (κ1) is 12.1. The summed E-state index contributed by atoms with van der Waals surface area (Å²) < 4.78 is 0. The third-order valence-corrected chi connectivity index (χ3v) is 0.874. The number of hydrogen-bond donors (Lipinski definition) is 1. The first-order valence-corrected chi connectivity index (χ1v) is 2.54. The van der Waals surface area contributed by atoms with Gasteiger partial charge in [0.15, 0.2) is 0 Å². The normalized spacial score (nSPS) is 11.8. The Morgan fingerprint density at radius 1 is 1.78 bits per heavy atom. The second kappa shape index (κ2) is 6.55. The molecule has 0 fully saturated rings. The largest absolute Gasteiger partial charge is 1.00 e. The Hall–Kier alpha value is 0.430. The van der Waals surface area contributed by atoms with Gasteiger partial charge in [-0.25, -0.2) is 0 Å². The number of carboxylic acid groups (broad SMARTS) is 1. The van der Waals surface area contributed by atoms with Gasteiger partial charge in [0.05, 0.1) is 6.10 Å². The summed E-state index contributed by atoms with van der Waals surface area (Å²) in [7, 11) is 0. The quantitative estimate of drug-likeness (QED) is 0.405. The Morgan fingerprint density at radius 3 is 2.33 bits per heavy atom. The van der Waals surface area contributed by atoms with Crippen LogP contribution in [0.15, 0.2) is 0 Å². The van der Waals surface area contributed by atoms with Crippen molar-refractivity contribution < 1.29 is 44.6 Å². The SMILES string of the molecule is CC[C@@H](O)CC(=O)[O-].[Na+]. The zero-order valence-electron chi connectivity index (χ0n) is 5.76. The summed E-state index contributed by atoms with van der Waals surface area (Å²) in [5.74, 6) is -1.20. The van der Waals surface area contributed by atoms with Gasteiger partial charge in [-0.2, -0.15) is 0 Å². The fourth-order valence-electron chi connectivity index (χ4n) is 0.337. The van der Waals surface area contributed by atoms with Crippen molar-refractivity contribution in [3.05, 3.63) is 0 Å². The number of aliphatic carboxylic acids is 1. The van der Waals surface area contributed by atoms with E-state index in [1.165, 1.54) is 0 Å². The summed E-state index contributed by atoms with van der Waals surface area (Å²) >= 11 is 0. The summed E-state index contributed by atoms with van der Waals surface area (Å²) in [6, 6.07) is 0. The first-order chi connectivity index (χ1) is 3.66. The second-order valence-corrected chi connectivity index (χ2v) is 1.64. The van der Waals surface area contributed by atoms with Crippen molar-refractivity contribution in [3.8, 4) is 0 Å². The maximum atomic E-state index is 9.70. The molecule has 0 unspecified atom stereocenters. The van der Waals surface area contributed by atoms with E-state index in [0.29, 0.717) is 6.42 Å². The Kier molecular flexibility index (Phi) is 8.83. The minimum absolute atomic E-state index is 0. The Morgan fingerprint density at radius 2 is 2.22 bits per heavy atom. The monoisotopic (exact) mass is 140 g/mol. The van der Waals surface area contributed by atoms with Crippen molar-refractivity contribution in [3.63, 3.8) is 0 Å². The van der Waals surface area contributed by atoms with E-state index < -0.39 is 12.1 Å². The predicted octanol–water partition coefficient (Wildman–Crippen LogP) is -4.10. The van der Waals surface area contributed by atoms with Crippen molar-refractivity contribution in [1.29, 1.82) is 0 Å². The summed E-state index contributed by atoms with van der Waals surface area (Å²) in [4.78, 5) is 9.70. The van der Waals surface area contributed by atoms with Crippen LogP contribution in [0.3, 0.4) is 0 Å². The van der Waals surface area contributed by atoms with Crippen LogP contribution >= 0.6 is 0 Å². The van der Waals surface area contributed by atoms with Crippen molar-refractivity contribution >= 4 is 5.97 Å². The molecule has 0 radical (unpaired) electrons. The molecule has 4 heteroatoms. The molecule has 9 heavy (non-hydrogen) atoms. The number of carboxylic acids is 1. The van der Waals surface area contributed by atoms with Crippen LogP contribution in [-0.4, -0.2) is 17.2 Å². The molecule has 0 aromatic rings. The van der Waals surface area contributed by atoms with Crippen molar-refractivity contribution in [1.82, 2.24) is 0 Å². The van der Waals surface area contributed by atoms with Gasteiger partial charge in [-0.3, -0.25) is 0 Å². The van der Waals surface area contributed by atoms with Gasteiger partial charge in [0.2, 0.25) is 0 Å². The van der Waals surface area contributed by atoms with Crippen LogP contribution in [-0.2, 0) is 4.79 Å². The summed E-state index contributed by atoms with van der Waals surface area (Å²) in [6.07, 6.45) is -0.523. The number of hydrogen-bond acceptors (Lipinski definition) is 3. The number of carbonyl (C=O) groups is 1. The average Bonchev–Trinajstić information content (AvgIpc) is 1.65. The standard InChI is InChI=1S/C5H10O3.Na/c1-2-4(6)3-5(7)8;/h4,6H,2-3H2,1H3,(H,7,8);/q;+1/p-1/t4-;/m1./s1. The Bertz CT molecular complexity index is 84.3. The van der Waals surface area contributed by atoms with Gasteiger partial charge in [-0.05, 0) is 6.42 Å².